The van der Waals surface area contributed by atoms with Crippen molar-refractivity contribution >= 4 is 11.9 Å². The number of allylic oxidation sites excluding steroid dienone is 12. The van der Waals surface area contributed by atoms with E-state index in [-0.39, 0.29) is 25.2 Å². The second-order valence-electron chi connectivity index (χ2n) is 15.4. The molecular weight excluding hydrogens is 693 g/mol. The maximum atomic E-state index is 12.2. The van der Waals surface area contributed by atoms with Gasteiger partial charge in [-0.2, -0.15) is 0 Å². The summed E-state index contributed by atoms with van der Waals surface area (Å²) in [5.41, 5.74) is 0. The van der Waals surface area contributed by atoms with E-state index in [4.69, 9.17) is 9.47 Å². The zero-order valence-electron chi connectivity index (χ0n) is 36.6. The SMILES string of the molecule is CC/C=C\C/C=C\C/C=C\C/C=C\C/C=C\CCCCCCCC(=O)OC(CO)COC(=O)CCCCCCCCCCC/C=C\CCCCCCCCCC. The predicted molar refractivity (Wildman–Crippen MR) is 242 cm³/mol. The molecule has 0 rings (SSSR count). The number of esters is 2. The molecule has 5 nitrogen and oxygen atoms in total. The molecule has 5 heteroatoms. The number of ether oxygens (including phenoxy) is 2. The summed E-state index contributed by atoms with van der Waals surface area (Å²) < 4.78 is 10.6. The quantitative estimate of drug-likeness (QED) is 0.0379. The van der Waals surface area contributed by atoms with Crippen molar-refractivity contribution in [3.05, 3.63) is 72.9 Å². The minimum atomic E-state index is -0.786. The largest absolute Gasteiger partial charge is 0.462 e. The molecule has 0 aromatic carbocycles. The van der Waals surface area contributed by atoms with Crippen molar-refractivity contribution in [3.63, 3.8) is 0 Å². The van der Waals surface area contributed by atoms with Crippen LogP contribution in [0.25, 0.3) is 0 Å². The highest BCUT2D eigenvalue weighted by Crippen LogP contribution is 2.14. The first-order valence-corrected chi connectivity index (χ1v) is 23.5. The molecule has 0 radical (unpaired) electrons. The molecule has 0 aliphatic rings. The van der Waals surface area contributed by atoms with Crippen molar-refractivity contribution in [2.45, 2.75) is 225 Å². The number of rotatable bonds is 42. The molecule has 0 heterocycles. The maximum absolute atomic E-state index is 12.2. The molecule has 322 valence electrons. The fourth-order valence-corrected chi connectivity index (χ4v) is 6.46. The number of carbonyl (C=O) groups excluding carboxylic acids is 2. The van der Waals surface area contributed by atoms with Gasteiger partial charge in [-0.05, 0) is 83.5 Å². The summed E-state index contributed by atoms with van der Waals surface area (Å²) in [6.07, 6.45) is 62.6. The Morgan fingerprint density at radius 2 is 0.768 bits per heavy atom. The number of aliphatic hydroxyl groups is 1. The third-order valence-corrected chi connectivity index (χ3v) is 9.98. The normalized spacial score (nSPS) is 12.8. The van der Waals surface area contributed by atoms with Crippen LogP contribution in [-0.2, 0) is 19.1 Å². The Bertz CT molecular complexity index is 1020. The van der Waals surface area contributed by atoms with Gasteiger partial charge < -0.3 is 14.6 Å². The molecule has 0 fully saturated rings. The topological polar surface area (TPSA) is 72.8 Å². The summed E-state index contributed by atoms with van der Waals surface area (Å²) in [5, 5.41) is 9.60. The molecule has 1 N–H and O–H groups in total. The Labute approximate surface area is 346 Å². The van der Waals surface area contributed by atoms with E-state index in [0.29, 0.717) is 12.8 Å². The third kappa shape index (κ3) is 44.1. The summed E-state index contributed by atoms with van der Waals surface area (Å²) in [6, 6.07) is 0. The van der Waals surface area contributed by atoms with E-state index in [1.165, 1.54) is 103 Å². The lowest BCUT2D eigenvalue weighted by Gasteiger charge is -2.15. The number of unbranched alkanes of at least 4 members (excludes halogenated alkanes) is 22. The van der Waals surface area contributed by atoms with Crippen molar-refractivity contribution in [2.75, 3.05) is 13.2 Å². The molecule has 0 saturated carbocycles. The van der Waals surface area contributed by atoms with Gasteiger partial charge >= 0.3 is 11.9 Å². The summed E-state index contributed by atoms with van der Waals surface area (Å²) in [6.45, 7) is 4.01. The van der Waals surface area contributed by atoms with Crippen LogP contribution in [-0.4, -0.2) is 36.4 Å². The van der Waals surface area contributed by atoms with Crippen LogP contribution in [0.1, 0.15) is 219 Å². The molecule has 56 heavy (non-hydrogen) atoms. The summed E-state index contributed by atoms with van der Waals surface area (Å²) in [7, 11) is 0. The third-order valence-electron chi connectivity index (χ3n) is 9.98. The number of hydrogen-bond donors (Lipinski definition) is 1. The monoisotopic (exact) mass is 781 g/mol. The molecule has 0 bridgehead atoms. The standard InChI is InChI=1S/C51H88O5/c1-3-5-7-9-11-13-15-17-19-21-23-25-27-29-31-33-35-37-39-41-43-45-50(53)55-48-49(47-52)56-51(54)46-44-42-40-38-36-34-32-30-28-26-24-22-20-18-16-14-12-10-8-6-4-2/h6,8,12,14,18,20-21,23-24,26,30,32,49,52H,3-5,7,9-11,13,15-17,19,22,25,27-29,31,33-48H2,1-2H3/b8-6-,14-12-,20-18-,23-21-,26-24-,32-30-. The van der Waals surface area contributed by atoms with E-state index >= 15 is 0 Å². The summed E-state index contributed by atoms with van der Waals surface area (Å²) in [4.78, 5) is 24.4. The first kappa shape index (κ1) is 53.3. The number of hydrogen-bond acceptors (Lipinski definition) is 5. The van der Waals surface area contributed by atoms with Crippen LogP contribution in [0.5, 0.6) is 0 Å². The lowest BCUT2D eigenvalue weighted by molar-refractivity contribution is -0.161. The first-order chi connectivity index (χ1) is 27.6. The Hall–Kier alpha value is -2.66. The van der Waals surface area contributed by atoms with Gasteiger partial charge in [0.25, 0.3) is 0 Å². The Balaban J connectivity index is 3.58. The van der Waals surface area contributed by atoms with Crippen LogP contribution >= 0.6 is 0 Å². The van der Waals surface area contributed by atoms with Crippen LogP contribution in [0.15, 0.2) is 72.9 Å². The molecule has 0 amide bonds. The Morgan fingerprint density at radius 1 is 0.429 bits per heavy atom. The van der Waals surface area contributed by atoms with E-state index in [0.717, 1.165) is 89.9 Å². The van der Waals surface area contributed by atoms with E-state index in [2.05, 4.69) is 86.8 Å². The minimum absolute atomic E-state index is 0.0775. The van der Waals surface area contributed by atoms with Crippen LogP contribution in [0, 0.1) is 0 Å². The molecule has 1 unspecified atom stereocenters. The lowest BCUT2D eigenvalue weighted by Crippen LogP contribution is -2.28. The van der Waals surface area contributed by atoms with E-state index < -0.39 is 6.10 Å². The van der Waals surface area contributed by atoms with Gasteiger partial charge in [0.1, 0.15) is 6.61 Å². The van der Waals surface area contributed by atoms with Crippen molar-refractivity contribution in [1.29, 1.82) is 0 Å². The van der Waals surface area contributed by atoms with Gasteiger partial charge in [0.05, 0.1) is 6.61 Å². The molecule has 0 aliphatic heterocycles. The zero-order chi connectivity index (χ0) is 40.7. The Kier molecular flexibility index (Phi) is 44.5. The highest BCUT2D eigenvalue weighted by Gasteiger charge is 2.16. The Morgan fingerprint density at radius 3 is 1.18 bits per heavy atom. The smallest absolute Gasteiger partial charge is 0.306 e. The molecule has 0 aromatic rings. The van der Waals surface area contributed by atoms with Gasteiger partial charge in [-0.15, -0.1) is 0 Å². The number of carbonyl (C=O) groups is 2. The van der Waals surface area contributed by atoms with Crippen molar-refractivity contribution in [1.82, 2.24) is 0 Å². The summed E-state index contributed by atoms with van der Waals surface area (Å²) in [5.74, 6) is -0.615. The molecule has 0 aliphatic carbocycles. The van der Waals surface area contributed by atoms with E-state index in [1.54, 1.807) is 0 Å². The lowest BCUT2D eigenvalue weighted by atomic mass is 10.1. The maximum Gasteiger partial charge on any atom is 0.306 e. The van der Waals surface area contributed by atoms with Crippen LogP contribution in [0.2, 0.25) is 0 Å². The molecule has 0 saturated heterocycles. The van der Waals surface area contributed by atoms with Crippen LogP contribution in [0.3, 0.4) is 0 Å². The van der Waals surface area contributed by atoms with Crippen molar-refractivity contribution in [2.24, 2.45) is 0 Å². The molecule has 0 spiro atoms. The van der Waals surface area contributed by atoms with E-state index in [1.807, 2.05) is 0 Å². The van der Waals surface area contributed by atoms with Gasteiger partial charge in [0.15, 0.2) is 6.10 Å². The highest BCUT2D eigenvalue weighted by molar-refractivity contribution is 5.70. The first-order valence-electron chi connectivity index (χ1n) is 23.5. The highest BCUT2D eigenvalue weighted by atomic mass is 16.6. The van der Waals surface area contributed by atoms with Gasteiger partial charge in [0.2, 0.25) is 0 Å². The number of aliphatic hydroxyl groups excluding tert-OH is 1. The fourth-order valence-electron chi connectivity index (χ4n) is 6.46. The van der Waals surface area contributed by atoms with Crippen molar-refractivity contribution in [3.8, 4) is 0 Å². The van der Waals surface area contributed by atoms with E-state index in [9.17, 15) is 14.7 Å². The molecule has 0 aromatic heterocycles. The predicted octanol–water partition coefficient (Wildman–Crippen LogP) is 15.3. The second-order valence-corrected chi connectivity index (χ2v) is 15.4. The van der Waals surface area contributed by atoms with Gasteiger partial charge in [-0.25, -0.2) is 0 Å². The zero-order valence-corrected chi connectivity index (χ0v) is 36.6. The summed E-state index contributed by atoms with van der Waals surface area (Å²) >= 11 is 0. The molecular formula is C51H88O5. The minimum Gasteiger partial charge on any atom is -0.462 e. The van der Waals surface area contributed by atoms with Crippen molar-refractivity contribution < 1.29 is 24.2 Å². The van der Waals surface area contributed by atoms with Crippen LogP contribution < -0.4 is 0 Å². The van der Waals surface area contributed by atoms with Gasteiger partial charge in [0, 0.05) is 12.8 Å². The second kappa shape index (κ2) is 46.7. The van der Waals surface area contributed by atoms with Gasteiger partial charge in [-0.3, -0.25) is 9.59 Å². The fraction of sp³-hybridized carbons (Fsp3) is 0.725. The van der Waals surface area contributed by atoms with Gasteiger partial charge in [-0.1, -0.05) is 196 Å². The average Bonchev–Trinajstić information content (AvgIpc) is 3.20. The average molecular weight is 781 g/mol. The van der Waals surface area contributed by atoms with Crippen LogP contribution in [0.4, 0.5) is 0 Å². The molecule has 1 atom stereocenters.